The molecule has 0 spiro atoms. The van der Waals surface area contributed by atoms with Crippen molar-refractivity contribution in [3.05, 3.63) is 231 Å². The van der Waals surface area contributed by atoms with Gasteiger partial charge in [0.2, 0.25) is 5.82 Å². The molecule has 15 nitrogen and oxygen atoms in total. The summed E-state index contributed by atoms with van der Waals surface area (Å²) in [6.07, 6.45) is 29.5. The zero-order valence-electron chi connectivity index (χ0n) is 68.6. The van der Waals surface area contributed by atoms with Gasteiger partial charge in [0.05, 0.1) is 11.4 Å². The van der Waals surface area contributed by atoms with E-state index >= 15 is 0 Å². The van der Waals surface area contributed by atoms with E-state index in [-0.39, 0.29) is 48.7 Å². The first-order valence-corrected chi connectivity index (χ1v) is 34.7. The summed E-state index contributed by atoms with van der Waals surface area (Å²) in [6, 6.07) is 25.9. The van der Waals surface area contributed by atoms with Gasteiger partial charge in [0.1, 0.15) is 41.5 Å². The summed E-state index contributed by atoms with van der Waals surface area (Å²) >= 11 is 0. The van der Waals surface area contributed by atoms with Crippen molar-refractivity contribution in [2.45, 2.75) is 277 Å². The first-order valence-electron chi connectivity index (χ1n) is 34.7. The summed E-state index contributed by atoms with van der Waals surface area (Å²) in [4.78, 5) is 62.6. The van der Waals surface area contributed by atoms with Crippen molar-refractivity contribution in [3.63, 3.8) is 0 Å². The maximum Gasteiger partial charge on any atom is 0.204 e. The molecule has 546 valence electrons. The molecule has 0 saturated heterocycles. The number of terminal acetylenes is 3. The number of aryl methyl sites for hydroxylation is 6. The Morgan fingerprint density at radius 3 is 1.11 bits per heavy atom. The van der Waals surface area contributed by atoms with E-state index in [0.717, 1.165) is 74.4 Å². The zero-order valence-corrected chi connectivity index (χ0v) is 68.6. The average Bonchev–Trinajstić information content (AvgIpc) is 1.69. The van der Waals surface area contributed by atoms with Gasteiger partial charge >= 0.3 is 0 Å². The second kappa shape index (κ2) is 39.7. The number of hydrogen-bond donors (Lipinski definition) is 0. The van der Waals surface area contributed by atoms with Crippen LogP contribution in [0, 0.1) is 78.6 Å². The molecule has 9 heterocycles. The fourth-order valence-corrected chi connectivity index (χ4v) is 8.29. The zero-order chi connectivity index (χ0) is 78.5. The van der Waals surface area contributed by atoms with Crippen LogP contribution in [0.25, 0.3) is 0 Å². The minimum atomic E-state index is -0.0349. The molecule has 0 saturated carbocycles. The highest BCUT2D eigenvalue weighted by Crippen LogP contribution is 2.26. The molecule has 0 fully saturated rings. The molecule has 102 heavy (non-hydrogen) atoms. The van der Waals surface area contributed by atoms with E-state index in [1.165, 1.54) is 17.5 Å². The lowest BCUT2D eigenvalue weighted by atomic mass is 9.86. The molecule has 0 aliphatic rings. The van der Waals surface area contributed by atoms with Gasteiger partial charge in [-0.05, 0) is 136 Å². The highest BCUT2D eigenvalue weighted by Gasteiger charge is 2.21. The van der Waals surface area contributed by atoms with Crippen LogP contribution >= 0.6 is 0 Å². The first-order chi connectivity index (χ1) is 46.6. The van der Waals surface area contributed by atoms with Crippen LogP contribution in [-0.2, 0) is 48.7 Å². The molecule has 0 radical (unpaired) electrons. The number of aromatic nitrogens is 15. The molecule has 0 N–H and O–H groups in total. The lowest BCUT2D eigenvalue weighted by Gasteiger charge is -2.20. The first kappa shape index (κ1) is 90.6. The molecule has 9 rings (SSSR count). The van der Waals surface area contributed by atoms with Gasteiger partial charge in [0, 0.05) is 121 Å². The van der Waals surface area contributed by atoms with Gasteiger partial charge in [-0.2, -0.15) is 0 Å². The van der Waals surface area contributed by atoms with Crippen molar-refractivity contribution < 1.29 is 0 Å². The molecule has 15 heteroatoms. The highest BCUT2D eigenvalue weighted by atomic mass is 14.9. The fraction of sp³-hybridized carbons (Fsp3) is 0.483. The van der Waals surface area contributed by atoms with Gasteiger partial charge in [-0.25, -0.2) is 59.8 Å². The Hall–Kier alpha value is -9.39. The van der Waals surface area contributed by atoms with Crippen LogP contribution < -0.4 is 0 Å². The molecular weight excluding hydrogens is 1260 g/mol. The van der Waals surface area contributed by atoms with E-state index < -0.39 is 0 Å². The summed E-state index contributed by atoms with van der Waals surface area (Å²) in [5.41, 5.74) is 15.7. The number of hydrogen-bond acceptors (Lipinski definition) is 15. The predicted molar refractivity (Wildman–Crippen MR) is 425 cm³/mol. The summed E-state index contributed by atoms with van der Waals surface area (Å²) in [7, 11) is 0. The normalized spacial score (nSPS) is 11.4. The lowest BCUT2D eigenvalue weighted by Crippen LogP contribution is -2.16. The molecule has 0 atom stereocenters. The Morgan fingerprint density at radius 1 is 0.275 bits per heavy atom. The third kappa shape index (κ3) is 36.3. The van der Waals surface area contributed by atoms with Crippen LogP contribution in [0.2, 0.25) is 0 Å². The topological polar surface area (TPSA) is 193 Å². The van der Waals surface area contributed by atoms with Crippen LogP contribution in [0.3, 0.4) is 0 Å². The van der Waals surface area contributed by atoms with E-state index in [4.69, 9.17) is 19.3 Å². The van der Waals surface area contributed by atoms with Crippen molar-refractivity contribution in [1.82, 2.24) is 74.8 Å². The average molecular weight is 1380 g/mol. The standard InChI is InChI=1S/3C10H12N2.3C10H15N.3C9H14N2/c1-5-8-6-9(10(2,3)4)12-7-11-8;1-5-9-11-7-6-8(12-9)10(2,3)4;1-5-8-6-7-11-9(12-8)10(2,3)4;1-8-7-9(5-6-11-8)10(2,3)4;1-8-9(10(2,3)4)6-5-7-11-8;1-8-6-5-7-9(11-8)10(2,3)4;1-7-5-8(9(2,3)4)11-6-10-7;1-7-10-6-5-8(11-7)9(2,3)4;1-7-5-6-10-8(11-7)9(2,3)4/h3*1,6-7H,2-4H3;3*5-7H,1-4H3;3*5-6H,1-4H3. The van der Waals surface area contributed by atoms with Crippen LogP contribution in [-0.4, -0.2) is 74.8 Å². The van der Waals surface area contributed by atoms with Gasteiger partial charge < -0.3 is 0 Å². The summed E-state index contributed by atoms with van der Waals surface area (Å²) in [5.74, 6) is 10.4. The smallest absolute Gasteiger partial charge is 0.204 e. The van der Waals surface area contributed by atoms with E-state index in [2.05, 4.69) is 317 Å². The summed E-state index contributed by atoms with van der Waals surface area (Å²) < 4.78 is 0. The van der Waals surface area contributed by atoms with Crippen LogP contribution in [0.15, 0.2) is 129 Å². The van der Waals surface area contributed by atoms with Crippen LogP contribution in [0.1, 0.15) is 290 Å². The minimum Gasteiger partial charge on any atom is -0.262 e. The van der Waals surface area contributed by atoms with Gasteiger partial charge in [-0.1, -0.05) is 211 Å². The second-order valence-corrected chi connectivity index (χ2v) is 34.0. The highest BCUT2D eigenvalue weighted by molar-refractivity contribution is 5.29. The molecular formula is C87H123N15. The number of rotatable bonds is 0. The number of nitrogens with zero attached hydrogens (tertiary/aromatic N) is 15. The summed E-state index contributed by atoms with van der Waals surface area (Å²) in [6.45, 7) is 69.7. The van der Waals surface area contributed by atoms with E-state index in [9.17, 15) is 0 Å². The third-order valence-electron chi connectivity index (χ3n) is 14.4. The Kier molecular flexibility index (Phi) is 35.3. The molecule has 0 unspecified atom stereocenters. The quantitative estimate of drug-likeness (QED) is 0.130. The minimum absolute atomic E-state index is 0.0349. The van der Waals surface area contributed by atoms with E-state index in [1.54, 1.807) is 24.8 Å². The van der Waals surface area contributed by atoms with Crippen LogP contribution in [0.4, 0.5) is 0 Å². The Bertz CT molecular complexity index is 3640. The van der Waals surface area contributed by atoms with Gasteiger partial charge in [-0.15, -0.1) is 19.3 Å². The third-order valence-corrected chi connectivity index (χ3v) is 14.4. The van der Waals surface area contributed by atoms with Crippen LogP contribution in [0.5, 0.6) is 0 Å². The van der Waals surface area contributed by atoms with Crippen molar-refractivity contribution in [2.75, 3.05) is 0 Å². The second-order valence-electron chi connectivity index (χ2n) is 34.0. The largest absolute Gasteiger partial charge is 0.262 e. The van der Waals surface area contributed by atoms with Gasteiger partial charge in [-0.3, -0.25) is 15.0 Å². The van der Waals surface area contributed by atoms with Crippen molar-refractivity contribution in [3.8, 4) is 37.0 Å². The maximum absolute atomic E-state index is 5.22. The molecule has 0 aromatic carbocycles. The maximum atomic E-state index is 5.22. The fourth-order valence-electron chi connectivity index (χ4n) is 8.29. The SMILES string of the molecule is C#Cc1cc(C(C)(C)C)ncn1.C#Cc1ccnc(C(C)(C)C)n1.C#Cc1nccc(C(C)(C)C)n1.Cc1cc(C(C)(C)C)ccn1.Cc1cc(C(C)(C)C)ncn1.Cc1cccc(C(C)(C)C)n1.Cc1ccnc(C(C)(C)C)n1.Cc1nccc(C(C)(C)C)n1.Cc1ncccc1C(C)(C)C. The molecule has 0 amide bonds. The molecule has 0 aliphatic heterocycles. The summed E-state index contributed by atoms with van der Waals surface area (Å²) in [5, 5.41) is 0. The van der Waals surface area contributed by atoms with Crippen molar-refractivity contribution >= 4 is 0 Å². The Balaban J connectivity index is 0.000000574. The predicted octanol–water partition coefficient (Wildman–Crippen LogP) is 19.6. The van der Waals surface area contributed by atoms with Crippen molar-refractivity contribution in [2.24, 2.45) is 0 Å². The van der Waals surface area contributed by atoms with Gasteiger partial charge in [0.15, 0.2) is 0 Å². The number of pyridine rings is 3. The van der Waals surface area contributed by atoms with E-state index in [0.29, 0.717) is 17.2 Å². The van der Waals surface area contributed by atoms with Gasteiger partial charge in [0.25, 0.3) is 0 Å². The Labute approximate surface area is 617 Å². The molecule has 9 aromatic rings. The monoisotopic (exact) mass is 1380 g/mol. The Morgan fingerprint density at radius 2 is 0.725 bits per heavy atom. The molecule has 0 aliphatic carbocycles. The van der Waals surface area contributed by atoms with Crippen molar-refractivity contribution in [1.29, 1.82) is 0 Å². The molecule has 9 aromatic heterocycles. The van der Waals surface area contributed by atoms with E-state index in [1.807, 2.05) is 102 Å². The lowest BCUT2D eigenvalue weighted by molar-refractivity contribution is 0.543. The molecule has 0 bridgehead atoms.